The molecule has 2 heterocycles. The fourth-order valence-corrected chi connectivity index (χ4v) is 2.83. The quantitative estimate of drug-likeness (QED) is 0.839. The number of amides is 1. The highest BCUT2D eigenvalue weighted by atomic mass is 35.5. The highest BCUT2D eigenvalue weighted by Crippen LogP contribution is 2.25. The fraction of sp³-hybridized carbons (Fsp3) is 0.667. The molecule has 4 nitrogen and oxygen atoms in total. The molecule has 1 aromatic heterocycles. The van der Waals surface area contributed by atoms with Crippen LogP contribution in [0.2, 0.25) is 5.02 Å². The lowest BCUT2D eigenvalue weighted by Crippen LogP contribution is -2.44. The van der Waals surface area contributed by atoms with Crippen molar-refractivity contribution in [2.75, 3.05) is 6.54 Å². The van der Waals surface area contributed by atoms with E-state index in [0.717, 1.165) is 19.4 Å². The Morgan fingerprint density at radius 2 is 2.15 bits per heavy atom. The van der Waals surface area contributed by atoms with E-state index in [4.69, 9.17) is 11.6 Å². The molecule has 110 valence electrons. The van der Waals surface area contributed by atoms with E-state index in [1.165, 1.54) is 6.20 Å². The molecule has 0 saturated carbocycles. The molecule has 2 unspecified atom stereocenters. The predicted molar refractivity (Wildman–Crippen MR) is 80.0 cm³/mol. The molecule has 1 fully saturated rings. The summed E-state index contributed by atoms with van der Waals surface area (Å²) in [6.07, 6.45) is 3.61. The molecule has 0 aliphatic carbocycles. The average molecular weight is 296 g/mol. The normalized spacial score (nSPS) is 23.2. The minimum atomic E-state index is -0.0706. The molecule has 0 aromatic carbocycles. The molecule has 0 spiro atoms. The van der Waals surface area contributed by atoms with Crippen LogP contribution in [0.15, 0.2) is 6.20 Å². The van der Waals surface area contributed by atoms with Gasteiger partial charge in [-0.25, -0.2) is 9.97 Å². The second kappa shape index (κ2) is 6.08. The van der Waals surface area contributed by atoms with E-state index in [-0.39, 0.29) is 17.9 Å². The maximum Gasteiger partial charge on any atom is 0.274 e. The van der Waals surface area contributed by atoms with Crippen molar-refractivity contribution >= 4 is 17.5 Å². The molecular weight excluding hydrogens is 274 g/mol. The zero-order chi connectivity index (χ0) is 14.9. The van der Waals surface area contributed by atoms with Crippen LogP contribution in [-0.4, -0.2) is 33.4 Å². The molecule has 1 aliphatic rings. The number of carbonyl (C=O) groups is 1. The van der Waals surface area contributed by atoms with Gasteiger partial charge in [0.25, 0.3) is 5.91 Å². The van der Waals surface area contributed by atoms with Gasteiger partial charge in [0, 0.05) is 18.5 Å². The fourth-order valence-electron chi connectivity index (χ4n) is 2.65. The van der Waals surface area contributed by atoms with Crippen molar-refractivity contribution in [3.05, 3.63) is 22.7 Å². The Balaban J connectivity index is 2.26. The Bertz CT molecular complexity index is 504. The smallest absolute Gasteiger partial charge is 0.274 e. The van der Waals surface area contributed by atoms with Crippen LogP contribution in [-0.2, 0) is 0 Å². The van der Waals surface area contributed by atoms with Crippen molar-refractivity contribution in [3.8, 4) is 0 Å². The average Bonchev–Trinajstić information content (AvgIpc) is 2.38. The van der Waals surface area contributed by atoms with Gasteiger partial charge in [0.2, 0.25) is 0 Å². The number of nitrogens with zero attached hydrogens (tertiary/aromatic N) is 3. The third kappa shape index (κ3) is 3.11. The van der Waals surface area contributed by atoms with Crippen LogP contribution in [0, 0.1) is 5.92 Å². The minimum absolute atomic E-state index is 0.0706. The summed E-state index contributed by atoms with van der Waals surface area (Å²) in [5.41, 5.74) is 0.340. The summed E-state index contributed by atoms with van der Waals surface area (Å²) >= 11 is 6.12. The Morgan fingerprint density at radius 1 is 1.45 bits per heavy atom. The summed E-state index contributed by atoms with van der Waals surface area (Å²) in [7, 11) is 0. The van der Waals surface area contributed by atoms with Crippen molar-refractivity contribution in [3.63, 3.8) is 0 Å². The summed E-state index contributed by atoms with van der Waals surface area (Å²) in [6, 6.07) is 0.236. The molecule has 1 aromatic rings. The molecule has 1 amide bonds. The van der Waals surface area contributed by atoms with Crippen molar-refractivity contribution in [1.29, 1.82) is 0 Å². The van der Waals surface area contributed by atoms with Gasteiger partial charge in [-0.3, -0.25) is 4.79 Å². The van der Waals surface area contributed by atoms with Gasteiger partial charge < -0.3 is 4.90 Å². The van der Waals surface area contributed by atoms with Gasteiger partial charge in [-0.1, -0.05) is 32.4 Å². The van der Waals surface area contributed by atoms with Crippen LogP contribution in [0.3, 0.4) is 0 Å². The van der Waals surface area contributed by atoms with E-state index in [1.807, 2.05) is 18.7 Å². The van der Waals surface area contributed by atoms with E-state index >= 15 is 0 Å². The molecule has 1 aliphatic heterocycles. The first-order chi connectivity index (χ1) is 9.40. The van der Waals surface area contributed by atoms with Crippen LogP contribution in [0.25, 0.3) is 0 Å². The minimum Gasteiger partial charge on any atom is -0.335 e. The number of likely N-dealkylation sites (tertiary alicyclic amines) is 1. The second-order valence-electron chi connectivity index (χ2n) is 6.06. The number of aromatic nitrogens is 2. The van der Waals surface area contributed by atoms with Gasteiger partial charge in [-0.05, 0) is 25.7 Å². The van der Waals surface area contributed by atoms with Crippen molar-refractivity contribution in [2.45, 2.75) is 52.5 Å². The predicted octanol–water partition coefficient (Wildman–Crippen LogP) is 3.51. The molecule has 2 rings (SSSR count). The standard InChI is InChI=1S/C15H22ClN3O/c1-9(2)14-17-8-12(16)13(18-14)15(20)19-6-5-10(3)7-11(19)4/h8-11H,5-7H2,1-4H3. The second-order valence-corrected chi connectivity index (χ2v) is 6.46. The van der Waals surface area contributed by atoms with E-state index in [9.17, 15) is 4.79 Å². The van der Waals surface area contributed by atoms with Crippen molar-refractivity contribution < 1.29 is 4.79 Å². The summed E-state index contributed by atoms with van der Waals surface area (Å²) in [5, 5.41) is 0.338. The molecule has 1 saturated heterocycles. The Morgan fingerprint density at radius 3 is 2.75 bits per heavy atom. The number of hydrogen-bond acceptors (Lipinski definition) is 3. The lowest BCUT2D eigenvalue weighted by atomic mass is 9.93. The first kappa shape index (κ1) is 15.2. The summed E-state index contributed by atoms with van der Waals surface area (Å²) in [6.45, 7) is 9.10. The van der Waals surface area contributed by atoms with Crippen LogP contribution in [0.1, 0.15) is 62.8 Å². The van der Waals surface area contributed by atoms with Crippen LogP contribution < -0.4 is 0 Å². The van der Waals surface area contributed by atoms with Gasteiger partial charge >= 0.3 is 0 Å². The maximum atomic E-state index is 12.7. The lowest BCUT2D eigenvalue weighted by Gasteiger charge is -2.36. The van der Waals surface area contributed by atoms with Crippen molar-refractivity contribution in [2.24, 2.45) is 5.92 Å². The third-order valence-electron chi connectivity index (χ3n) is 3.88. The van der Waals surface area contributed by atoms with E-state index in [0.29, 0.717) is 22.5 Å². The largest absolute Gasteiger partial charge is 0.335 e. The number of carbonyl (C=O) groups excluding carboxylic acids is 1. The van der Waals surface area contributed by atoms with Gasteiger partial charge in [0.1, 0.15) is 5.82 Å². The van der Waals surface area contributed by atoms with Gasteiger partial charge in [-0.15, -0.1) is 0 Å². The molecule has 0 radical (unpaired) electrons. The third-order valence-corrected chi connectivity index (χ3v) is 4.16. The summed E-state index contributed by atoms with van der Waals surface area (Å²) in [4.78, 5) is 23.1. The van der Waals surface area contributed by atoms with E-state index in [1.54, 1.807) is 0 Å². The van der Waals surface area contributed by atoms with Gasteiger partial charge in [-0.2, -0.15) is 0 Å². The van der Waals surface area contributed by atoms with E-state index in [2.05, 4.69) is 23.8 Å². The topological polar surface area (TPSA) is 46.1 Å². The molecule has 5 heteroatoms. The molecule has 0 N–H and O–H groups in total. The Hall–Kier alpha value is -1.16. The van der Waals surface area contributed by atoms with Gasteiger partial charge in [0.15, 0.2) is 5.69 Å². The highest BCUT2D eigenvalue weighted by molar-refractivity contribution is 6.33. The zero-order valence-corrected chi connectivity index (χ0v) is 13.3. The molecule has 20 heavy (non-hydrogen) atoms. The maximum absolute atomic E-state index is 12.7. The Kier molecular flexibility index (Phi) is 4.63. The number of rotatable bonds is 2. The zero-order valence-electron chi connectivity index (χ0n) is 12.6. The number of piperidine rings is 1. The van der Waals surface area contributed by atoms with Crippen molar-refractivity contribution in [1.82, 2.24) is 14.9 Å². The highest BCUT2D eigenvalue weighted by Gasteiger charge is 2.29. The number of hydrogen-bond donors (Lipinski definition) is 0. The van der Waals surface area contributed by atoms with E-state index < -0.39 is 0 Å². The molecule has 0 bridgehead atoms. The van der Waals surface area contributed by atoms with Crippen LogP contribution in [0.4, 0.5) is 0 Å². The van der Waals surface area contributed by atoms with Crippen LogP contribution >= 0.6 is 11.6 Å². The lowest BCUT2D eigenvalue weighted by molar-refractivity contribution is 0.0582. The Labute approximate surface area is 125 Å². The number of halogens is 1. The van der Waals surface area contributed by atoms with Gasteiger partial charge in [0.05, 0.1) is 11.2 Å². The first-order valence-electron chi connectivity index (χ1n) is 7.23. The SMILES string of the molecule is CC1CCN(C(=O)c2nc(C(C)C)ncc2Cl)C(C)C1. The monoisotopic (exact) mass is 295 g/mol. The molecule has 2 atom stereocenters. The first-order valence-corrected chi connectivity index (χ1v) is 7.61. The molecular formula is C15H22ClN3O. The summed E-state index contributed by atoms with van der Waals surface area (Å²) in [5.74, 6) is 1.44. The van der Waals surface area contributed by atoms with Crippen LogP contribution in [0.5, 0.6) is 0 Å². The summed E-state index contributed by atoms with van der Waals surface area (Å²) < 4.78 is 0.